The van der Waals surface area contributed by atoms with Crippen LogP contribution in [0.4, 0.5) is 0 Å². The van der Waals surface area contributed by atoms with Gasteiger partial charge in [-0.05, 0) is 12.8 Å². The molecule has 72 valence electrons. The molecule has 0 amide bonds. The van der Waals surface area contributed by atoms with Crippen molar-refractivity contribution < 1.29 is 9.53 Å². The smallest absolute Gasteiger partial charge is 0.293 e. The zero-order valence-electron chi connectivity index (χ0n) is 7.75. The van der Waals surface area contributed by atoms with Crippen LogP contribution in [0, 0.1) is 0 Å². The Hall–Kier alpha value is -0.240. The standard InChI is InChI=1S/C9H17ClO2/c1-3-5-8(10)9(6-4-2)12-7-11/h7-9H,3-6H2,1-2H3/t8-,9+/m0/s1. The highest BCUT2D eigenvalue weighted by Gasteiger charge is 2.18. The molecule has 0 aromatic carbocycles. The highest BCUT2D eigenvalue weighted by Crippen LogP contribution is 2.16. The van der Waals surface area contributed by atoms with E-state index in [4.69, 9.17) is 16.3 Å². The van der Waals surface area contributed by atoms with E-state index < -0.39 is 0 Å². The number of carbonyl (C=O) groups is 1. The van der Waals surface area contributed by atoms with Crippen LogP contribution in [0.1, 0.15) is 39.5 Å². The summed E-state index contributed by atoms with van der Waals surface area (Å²) in [5.41, 5.74) is 0. The van der Waals surface area contributed by atoms with Crippen molar-refractivity contribution in [1.29, 1.82) is 0 Å². The van der Waals surface area contributed by atoms with Gasteiger partial charge in [0.05, 0.1) is 5.38 Å². The fraction of sp³-hybridized carbons (Fsp3) is 0.889. The van der Waals surface area contributed by atoms with Crippen LogP contribution in [0.2, 0.25) is 0 Å². The van der Waals surface area contributed by atoms with Gasteiger partial charge in [0, 0.05) is 0 Å². The SMILES string of the molecule is CCC[C@H](Cl)[C@@H](CCC)OC=O. The number of alkyl halides is 1. The third-order valence-electron chi connectivity index (χ3n) is 1.77. The van der Waals surface area contributed by atoms with Gasteiger partial charge < -0.3 is 4.74 Å². The molecule has 0 aliphatic rings. The number of hydrogen-bond acceptors (Lipinski definition) is 2. The highest BCUT2D eigenvalue weighted by atomic mass is 35.5. The molecule has 0 saturated carbocycles. The fourth-order valence-electron chi connectivity index (χ4n) is 1.15. The Bertz CT molecular complexity index is 117. The van der Waals surface area contributed by atoms with Crippen molar-refractivity contribution in [3.8, 4) is 0 Å². The van der Waals surface area contributed by atoms with Crippen LogP contribution in [0.5, 0.6) is 0 Å². The van der Waals surface area contributed by atoms with E-state index in [9.17, 15) is 4.79 Å². The second-order valence-electron chi connectivity index (χ2n) is 2.86. The summed E-state index contributed by atoms with van der Waals surface area (Å²) in [6.07, 6.45) is 3.67. The first-order chi connectivity index (χ1) is 5.76. The Labute approximate surface area is 79.2 Å². The molecule has 0 fully saturated rings. The molecule has 0 heterocycles. The van der Waals surface area contributed by atoms with E-state index in [2.05, 4.69) is 13.8 Å². The van der Waals surface area contributed by atoms with Crippen LogP contribution < -0.4 is 0 Å². The molecule has 0 aliphatic carbocycles. The predicted molar refractivity (Wildman–Crippen MR) is 50.4 cm³/mol. The summed E-state index contributed by atoms with van der Waals surface area (Å²) in [5.74, 6) is 0. The molecule has 0 rings (SSSR count). The molecule has 0 bridgehead atoms. The lowest BCUT2D eigenvalue weighted by atomic mass is 10.1. The summed E-state index contributed by atoms with van der Waals surface area (Å²) in [4.78, 5) is 10.1. The molecule has 2 atom stereocenters. The summed E-state index contributed by atoms with van der Waals surface area (Å²) < 4.78 is 4.88. The van der Waals surface area contributed by atoms with Gasteiger partial charge >= 0.3 is 0 Å². The maximum atomic E-state index is 10.1. The van der Waals surface area contributed by atoms with E-state index >= 15 is 0 Å². The van der Waals surface area contributed by atoms with Crippen molar-refractivity contribution in [3.63, 3.8) is 0 Å². The molecule has 0 saturated heterocycles. The van der Waals surface area contributed by atoms with Crippen LogP contribution in [0.15, 0.2) is 0 Å². The van der Waals surface area contributed by atoms with E-state index in [1.807, 2.05) is 0 Å². The molecule has 0 spiro atoms. The number of rotatable bonds is 7. The van der Waals surface area contributed by atoms with Gasteiger partial charge in [-0.3, -0.25) is 4.79 Å². The molecule has 0 aromatic rings. The summed E-state index contributed by atoms with van der Waals surface area (Å²) in [5, 5.41) is -0.0276. The van der Waals surface area contributed by atoms with Gasteiger partial charge in [0.1, 0.15) is 6.10 Å². The quantitative estimate of drug-likeness (QED) is 0.458. The van der Waals surface area contributed by atoms with Crippen molar-refractivity contribution in [3.05, 3.63) is 0 Å². The molecule has 3 heteroatoms. The van der Waals surface area contributed by atoms with Crippen molar-refractivity contribution in [2.75, 3.05) is 0 Å². The average Bonchev–Trinajstić information content (AvgIpc) is 2.04. The van der Waals surface area contributed by atoms with Gasteiger partial charge in [0.15, 0.2) is 0 Å². The largest absolute Gasteiger partial charge is 0.463 e. The van der Waals surface area contributed by atoms with Gasteiger partial charge in [0.25, 0.3) is 6.47 Å². The Morgan fingerprint density at radius 2 is 1.92 bits per heavy atom. The zero-order valence-corrected chi connectivity index (χ0v) is 8.51. The van der Waals surface area contributed by atoms with Gasteiger partial charge in [-0.2, -0.15) is 0 Å². The van der Waals surface area contributed by atoms with Crippen molar-refractivity contribution in [2.24, 2.45) is 0 Å². The van der Waals surface area contributed by atoms with E-state index in [1.54, 1.807) is 0 Å². The Kier molecular flexibility index (Phi) is 7.26. The van der Waals surface area contributed by atoms with Crippen LogP contribution >= 0.6 is 11.6 Å². The number of ether oxygens (including phenoxy) is 1. The molecule has 0 aromatic heterocycles. The molecular weight excluding hydrogens is 176 g/mol. The van der Waals surface area contributed by atoms with Gasteiger partial charge in [-0.25, -0.2) is 0 Å². The lowest BCUT2D eigenvalue weighted by Gasteiger charge is -2.19. The monoisotopic (exact) mass is 192 g/mol. The van der Waals surface area contributed by atoms with E-state index in [-0.39, 0.29) is 11.5 Å². The summed E-state index contributed by atoms with van der Waals surface area (Å²) in [7, 11) is 0. The maximum Gasteiger partial charge on any atom is 0.293 e. The summed E-state index contributed by atoms with van der Waals surface area (Å²) in [6, 6.07) is 0. The minimum absolute atomic E-state index is 0.0276. The minimum Gasteiger partial charge on any atom is -0.463 e. The number of carbonyl (C=O) groups excluding carboxylic acids is 1. The van der Waals surface area contributed by atoms with E-state index in [0.717, 1.165) is 25.7 Å². The number of halogens is 1. The van der Waals surface area contributed by atoms with Gasteiger partial charge in [0.2, 0.25) is 0 Å². The van der Waals surface area contributed by atoms with Crippen LogP contribution in [-0.2, 0) is 9.53 Å². The second kappa shape index (κ2) is 7.41. The predicted octanol–water partition coefficient (Wildman–Crippen LogP) is 2.74. The molecule has 0 unspecified atom stereocenters. The van der Waals surface area contributed by atoms with Crippen molar-refractivity contribution in [1.82, 2.24) is 0 Å². The first-order valence-corrected chi connectivity index (χ1v) is 4.93. The van der Waals surface area contributed by atoms with E-state index in [1.165, 1.54) is 0 Å². The minimum atomic E-state index is -0.103. The zero-order chi connectivity index (χ0) is 9.40. The summed E-state index contributed by atoms with van der Waals surface area (Å²) in [6.45, 7) is 4.61. The second-order valence-corrected chi connectivity index (χ2v) is 3.42. The van der Waals surface area contributed by atoms with Crippen LogP contribution in [0.3, 0.4) is 0 Å². The van der Waals surface area contributed by atoms with Crippen LogP contribution in [0.25, 0.3) is 0 Å². The van der Waals surface area contributed by atoms with Gasteiger partial charge in [-0.15, -0.1) is 11.6 Å². The Morgan fingerprint density at radius 1 is 1.33 bits per heavy atom. The molecule has 12 heavy (non-hydrogen) atoms. The Balaban J connectivity index is 3.80. The fourth-order valence-corrected chi connectivity index (χ4v) is 1.56. The lowest BCUT2D eigenvalue weighted by Crippen LogP contribution is -2.24. The first kappa shape index (κ1) is 11.8. The van der Waals surface area contributed by atoms with E-state index in [0.29, 0.717) is 6.47 Å². The maximum absolute atomic E-state index is 10.1. The average molecular weight is 193 g/mol. The van der Waals surface area contributed by atoms with Crippen LogP contribution in [-0.4, -0.2) is 18.0 Å². The normalized spacial score (nSPS) is 15.2. The summed E-state index contributed by atoms with van der Waals surface area (Å²) >= 11 is 6.02. The first-order valence-electron chi connectivity index (χ1n) is 4.49. The molecule has 2 nitrogen and oxygen atoms in total. The Morgan fingerprint density at radius 3 is 2.33 bits per heavy atom. The number of hydrogen-bond donors (Lipinski definition) is 0. The van der Waals surface area contributed by atoms with Gasteiger partial charge in [-0.1, -0.05) is 26.7 Å². The topological polar surface area (TPSA) is 26.3 Å². The molecule has 0 radical (unpaired) electrons. The molecular formula is C9H17ClO2. The van der Waals surface area contributed by atoms with Crippen molar-refractivity contribution >= 4 is 18.1 Å². The molecule has 0 N–H and O–H groups in total. The third-order valence-corrected chi connectivity index (χ3v) is 2.27. The highest BCUT2D eigenvalue weighted by molar-refractivity contribution is 6.21. The van der Waals surface area contributed by atoms with Crippen molar-refractivity contribution in [2.45, 2.75) is 51.0 Å². The lowest BCUT2D eigenvalue weighted by molar-refractivity contribution is -0.134. The molecule has 0 aliphatic heterocycles. The third kappa shape index (κ3) is 4.60.